The summed E-state index contributed by atoms with van der Waals surface area (Å²) < 4.78 is 6.02. The quantitative estimate of drug-likeness (QED) is 0.783. The van der Waals surface area contributed by atoms with Crippen molar-refractivity contribution in [2.24, 2.45) is 0 Å². The summed E-state index contributed by atoms with van der Waals surface area (Å²) in [6, 6.07) is 11.3. The second kappa shape index (κ2) is 6.96. The van der Waals surface area contributed by atoms with Gasteiger partial charge in [-0.1, -0.05) is 17.2 Å². The number of fused-ring (bicyclic) bond motifs is 1. The molecule has 1 heterocycles. The molecule has 134 valence electrons. The van der Waals surface area contributed by atoms with Crippen LogP contribution in [0.2, 0.25) is 0 Å². The molecule has 3 rings (SSSR count). The molecule has 1 unspecified atom stereocenters. The number of amides is 1. The fraction of sp³-hybridized carbons (Fsp3) is 0.350. The zero-order valence-electron chi connectivity index (χ0n) is 15.1. The van der Waals surface area contributed by atoms with Gasteiger partial charge < -0.3 is 15.8 Å². The molecule has 2 aromatic carbocycles. The number of aryl methyl sites for hydroxylation is 2. The Kier molecular flexibility index (Phi) is 5.33. The van der Waals surface area contributed by atoms with Gasteiger partial charge in [-0.2, -0.15) is 0 Å². The molecule has 3 N–H and O–H groups in total. The van der Waals surface area contributed by atoms with Crippen molar-refractivity contribution in [1.82, 2.24) is 5.32 Å². The normalized spacial score (nSPS) is 17.7. The van der Waals surface area contributed by atoms with E-state index in [1.807, 2.05) is 58.0 Å². The third-order valence-electron chi connectivity index (χ3n) is 4.28. The summed E-state index contributed by atoms with van der Waals surface area (Å²) in [6.45, 7) is 8.05. The topological polar surface area (TPSA) is 64.3 Å². The van der Waals surface area contributed by atoms with E-state index in [1.165, 1.54) is 0 Å². The molecule has 0 fully saturated rings. The Morgan fingerprint density at radius 2 is 1.80 bits per heavy atom. The summed E-state index contributed by atoms with van der Waals surface area (Å²) in [4.78, 5) is 12.7. The molecule has 0 spiro atoms. The number of hydrogen-bond donors (Lipinski definition) is 2. The van der Waals surface area contributed by atoms with Crippen molar-refractivity contribution in [2.45, 2.75) is 45.8 Å². The first-order valence-corrected chi connectivity index (χ1v) is 8.21. The molecule has 1 atom stereocenters. The number of nitrogens with two attached hydrogens (primary N) is 1. The Morgan fingerprint density at radius 1 is 1.16 bits per heavy atom. The summed E-state index contributed by atoms with van der Waals surface area (Å²) >= 11 is 0. The second-order valence-electron chi connectivity index (χ2n) is 7.27. The van der Waals surface area contributed by atoms with E-state index in [-0.39, 0.29) is 30.0 Å². The molecule has 0 aromatic heterocycles. The van der Waals surface area contributed by atoms with Crippen LogP contribution in [0.25, 0.3) is 0 Å². The molecule has 0 saturated heterocycles. The number of benzene rings is 2. The van der Waals surface area contributed by atoms with Crippen molar-refractivity contribution in [3.05, 3.63) is 58.7 Å². The SMILES string of the molecule is Cc1cc(C)cc(C(=O)NC2CC(C)(C)Oc3ccc(N)cc32)c1.Cl. The Morgan fingerprint density at radius 3 is 2.44 bits per heavy atom. The third kappa shape index (κ3) is 4.26. The number of carbonyl (C=O) groups excluding carboxylic acids is 1. The fourth-order valence-corrected chi connectivity index (χ4v) is 3.35. The van der Waals surface area contributed by atoms with E-state index in [0.717, 1.165) is 22.4 Å². The predicted molar refractivity (Wildman–Crippen MR) is 104 cm³/mol. The number of carbonyl (C=O) groups is 1. The number of hydrogen-bond acceptors (Lipinski definition) is 3. The molecular weight excluding hydrogens is 336 g/mol. The molecule has 2 aromatic rings. The van der Waals surface area contributed by atoms with Crippen LogP contribution < -0.4 is 15.8 Å². The maximum absolute atomic E-state index is 12.7. The Bertz CT molecular complexity index is 782. The number of nitrogens with one attached hydrogen (secondary N) is 1. The van der Waals surface area contributed by atoms with Gasteiger partial charge in [0.1, 0.15) is 11.4 Å². The molecule has 0 radical (unpaired) electrons. The molecule has 0 bridgehead atoms. The number of rotatable bonds is 2. The van der Waals surface area contributed by atoms with Gasteiger partial charge in [-0.15, -0.1) is 12.4 Å². The van der Waals surface area contributed by atoms with E-state index < -0.39 is 0 Å². The van der Waals surface area contributed by atoms with Gasteiger partial charge in [-0.05, 0) is 58.0 Å². The van der Waals surface area contributed by atoms with Crippen molar-refractivity contribution in [3.63, 3.8) is 0 Å². The van der Waals surface area contributed by atoms with Crippen LogP contribution in [0.15, 0.2) is 36.4 Å². The summed E-state index contributed by atoms with van der Waals surface area (Å²) in [5, 5.41) is 3.15. The monoisotopic (exact) mass is 360 g/mol. The highest BCUT2D eigenvalue weighted by molar-refractivity contribution is 5.95. The average Bonchev–Trinajstić information content (AvgIpc) is 2.46. The Hall–Kier alpha value is -2.20. The first kappa shape index (κ1) is 19.1. The van der Waals surface area contributed by atoms with Crippen LogP contribution in [0, 0.1) is 13.8 Å². The first-order chi connectivity index (χ1) is 11.2. The molecular formula is C20H25ClN2O2. The van der Waals surface area contributed by atoms with Gasteiger partial charge >= 0.3 is 0 Å². The lowest BCUT2D eigenvalue weighted by molar-refractivity contribution is 0.0620. The highest BCUT2D eigenvalue weighted by Gasteiger charge is 2.34. The molecule has 1 aliphatic rings. The van der Waals surface area contributed by atoms with E-state index in [0.29, 0.717) is 17.7 Å². The van der Waals surface area contributed by atoms with Crippen LogP contribution in [-0.2, 0) is 0 Å². The van der Waals surface area contributed by atoms with Gasteiger partial charge in [-0.25, -0.2) is 0 Å². The van der Waals surface area contributed by atoms with Crippen LogP contribution in [-0.4, -0.2) is 11.5 Å². The highest BCUT2D eigenvalue weighted by Crippen LogP contribution is 2.40. The number of ether oxygens (including phenoxy) is 1. The van der Waals surface area contributed by atoms with Gasteiger partial charge in [0.15, 0.2) is 0 Å². The molecule has 0 saturated carbocycles. The Balaban J connectivity index is 0.00000225. The maximum atomic E-state index is 12.7. The highest BCUT2D eigenvalue weighted by atomic mass is 35.5. The van der Waals surface area contributed by atoms with E-state index >= 15 is 0 Å². The number of halogens is 1. The summed E-state index contributed by atoms with van der Waals surface area (Å²) in [6.07, 6.45) is 0.694. The molecule has 5 heteroatoms. The lowest BCUT2D eigenvalue weighted by Crippen LogP contribution is -2.41. The number of nitrogen functional groups attached to an aromatic ring is 1. The molecule has 1 aliphatic heterocycles. The van der Waals surface area contributed by atoms with Crippen molar-refractivity contribution in [1.29, 1.82) is 0 Å². The zero-order valence-corrected chi connectivity index (χ0v) is 15.9. The minimum absolute atomic E-state index is 0. The molecule has 25 heavy (non-hydrogen) atoms. The van der Waals surface area contributed by atoms with Crippen LogP contribution in [0.1, 0.15) is 53.4 Å². The van der Waals surface area contributed by atoms with Gasteiger partial charge in [-0.3, -0.25) is 4.79 Å². The second-order valence-corrected chi connectivity index (χ2v) is 7.27. The van der Waals surface area contributed by atoms with Crippen molar-refractivity contribution in [3.8, 4) is 5.75 Å². The summed E-state index contributed by atoms with van der Waals surface area (Å²) in [7, 11) is 0. The predicted octanol–water partition coefficient (Wildman–Crippen LogP) is 4.34. The van der Waals surface area contributed by atoms with Gasteiger partial charge in [0.2, 0.25) is 0 Å². The van der Waals surface area contributed by atoms with Crippen LogP contribution in [0.5, 0.6) is 5.75 Å². The number of anilines is 1. The Labute approximate surface area is 155 Å². The first-order valence-electron chi connectivity index (χ1n) is 8.21. The summed E-state index contributed by atoms with van der Waals surface area (Å²) in [5.41, 5.74) is 10.0. The average molecular weight is 361 g/mol. The minimum atomic E-state index is -0.344. The van der Waals surface area contributed by atoms with Gasteiger partial charge in [0.05, 0.1) is 6.04 Å². The van der Waals surface area contributed by atoms with Crippen LogP contribution in [0.4, 0.5) is 5.69 Å². The van der Waals surface area contributed by atoms with Crippen molar-refractivity contribution in [2.75, 3.05) is 5.73 Å². The molecule has 4 nitrogen and oxygen atoms in total. The minimum Gasteiger partial charge on any atom is -0.487 e. The van der Waals surface area contributed by atoms with Crippen molar-refractivity contribution >= 4 is 24.0 Å². The largest absolute Gasteiger partial charge is 0.487 e. The van der Waals surface area contributed by atoms with Gasteiger partial charge in [0.25, 0.3) is 5.91 Å². The summed E-state index contributed by atoms with van der Waals surface area (Å²) in [5.74, 6) is 0.712. The van der Waals surface area contributed by atoms with Crippen molar-refractivity contribution < 1.29 is 9.53 Å². The maximum Gasteiger partial charge on any atom is 0.251 e. The van der Waals surface area contributed by atoms with E-state index in [1.54, 1.807) is 0 Å². The molecule has 1 amide bonds. The lowest BCUT2D eigenvalue weighted by atomic mass is 9.89. The van der Waals surface area contributed by atoms with Crippen LogP contribution in [0.3, 0.4) is 0 Å². The van der Waals surface area contributed by atoms with E-state index in [4.69, 9.17) is 10.5 Å². The van der Waals surface area contributed by atoms with E-state index in [2.05, 4.69) is 11.4 Å². The lowest BCUT2D eigenvalue weighted by Gasteiger charge is -2.38. The van der Waals surface area contributed by atoms with Gasteiger partial charge in [0, 0.05) is 23.2 Å². The zero-order chi connectivity index (χ0) is 17.5. The van der Waals surface area contributed by atoms with E-state index in [9.17, 15) is 4.79 Å². The fourth-order valence-electron chi connectivity index (χ4n) is 3.35. The van der Waals surface area contributed by atoms with Crippen LogP contribution >= 0.6 is 12.4 Å². The third-order valence-corrected chi connectivity index (χ3v) is 4.28. The standard InChI is InChI=1S/C20H24N2O2.ClH/c1-12-7-13(2)9-14(8-12)19(23)22-17-11-20(3,4)24-18-6-5-15(21)10-16(17)18;/h5-10,17H,11,21H2,1-4H3,(H,22,23);1H. The smallest absolute Gasteiger partial charge is 0.251 e. The molecule has 0 aliphatic carbocycles.